The molecule has 1 atom stereocenters. The van der Waals surface area contributed by atoms with E-state index >= 15 is 0 Å². The molecular weight excluding hydrogens is 232 g/mol. The number of H-pyrrole nitrogens is 1. The number of hydrogen-bond donors (Lipinski definition) is 2. The Morgan fingerprint density at radius 3 is 3.06 bits per heavy atom. The van der Waals surface area contributed by atoms with E-state index in [9.17, 15) is 9.59 Å². The molecule has 0 aromatic carbocycles. The average Bonchev–Trinajstić information content (AvgIpc) is 2.27. The Balaban J connectivity index is 2.27. The van der Waals surface area contributed by atoms with Crippen molar-refractivity contribution in [1.82, 2.24) is 14.9 Å². The maximum Gasteiger partial charge on any atom is 0.251 e. The molecular formula is C12H18N4O2. The van der Waals surface area contributed by atoms with Gasteiger partial charge in [0.2, 0.25) is 5.91 Å². The molecule has 1 aromatic rings. The SMILES string of the molecule is Cc1nc([C@H]2CCCCN2CC(N)=O)cc(=O)[nH]1. The van der Waals surface area contributed by atoms with Crippen molar-refractivity contribution in [2.24, 2.45) is 5.73 Å². The van der Waals surface area contributed by atoms with Crippen LogP contribution in [0.5, 0.6) is 0 Å². The van der Waals surface area contributed by atoms with Crippen LogP contribution in [0, 0.1) is 6.92 Å². The van der Waals surface area contributed by atoms with Gasteiger partial charge in [0.15, 0.2) is 0 Å². The van der Waals surface area contributed by atoms with Crippen molar-refractivity contribution in [2.45, 2.75) is 32.2 Å². The number of aromatic amines is 1. The summed E-state index contributed by atoms with van der Waals surface area (Å²) in [4.78, 5) is 31.5. The average molecular weight is 250 g/mol. The van der Waals surface area contributed by atoms with Gasteiger partial charge in [-0.1, -0.05) is 6.42 Å². The Bertz CT molecular complexity index is 497. The van der Waals surface area contributed by atoms with Crippen LogP contribution in [0.4, 0.5) is 0 Å². The van der Waals surface area contributed by atoms with E-state index in [1.807, 2.05) is 4.90 Å². The predicted octanol–water partition coefficient (Wildman–Crippen LogP) is 0.0906. The fourth-order valence-corrected chi connectivity index (χ4v) is 2.49. The molecule has 1 fully saturated rings. The van der Waals surface area contributed by atoms with Gasteiger partial charge in [0, 0.05) is 6.07 Å². The van der Waals surface area contributed by atoms with E-state index in [1.165, 1.54) is 6.07 Å². The zero-order valence-electron chi connectivity index (χ0n) is 10.5. The summed E-state index contributed by atoms with van der Waals surface area (Å²) in [5, 5.41) is 0. The van der Waals surface area contributed by atoms with Gasteiger partial charge in [-0.25, -0.2) is 4.98 Å². The van der Waals surface area contributed by atoms with Crippen molar-refractivity contribution in [1.29, 1.82) is 0 Å². The monoisotopic (exact) mass is 250 g/mol. The van der Waals surface area contributed by atoms with Gasteiger partial charge in [-0.05, 0) is 26.3 Å². The van der Waals surface area contributed by atoms with Crippen molar-refractivity contribution >= 4 is 5.91 Å². The first-order chi connectivity index (χ1) is 8.56. The lowest BCUT2D eigenvalue weighted by Crippen LogP contribution is -2.40. The van der Waals surface area contributed by atoms with Crippen LogP contribution in [0.3, 0.4) is 0 Å². The van der Waals surface area contributed by atoms with Crippen LogP contribution < -0.4 is 11.3 Å². The van der Waals surface area contributed by atoms with Crippen molar-refractivity contribution in [2.75, 3.05) is 13.1 Å². The normalized spacial score (nSPS) is 20.8. The van der Waals surface area contributed by atoms with E-state index in [0.29, 0.717) is 5.82 Å². The van der Waals surface area contributed by atoms with Gasteiger partial charge >= 0.3 is 0 Å². The van der Waals surface area contributed by atoms with Gasteiger partial charge in [-0.15, -0.1) is 0 Å². The van der Waals surface area contributed by atoms with Crippen LogP contribution in [-0.2, 0) is 4.79 Å². The molecule has 0 aliphatic carbocycles. The summed E-state index contributed by atoms with van der Waals surface area (Å²) in [7, 11) is 0. The molecule has 0 spiro atoms. The van der Waals surface area contributed by atoms with Crippen molar-refractivity contribution in [3.8, 4) is 0 Å². The fourth-order valence-electron chi connectivity index (χ4n) is 2.49. The van der Waals surface area contributed by atoms with E-state index in [0.717, 1.165) is 31.5 Å². The molecule has 0 radical (unpaired) electrons. The highest BCUT2D eigenvalue weighted by Crippen LogP contribution is 2.28. The summed E-state index contributed by atoms with van der Waals surface area (Å²) >= 11 is 0. The molecule has 6 heteroatoms. The molecule has 2 heterocycles. The number of nitrogens with two attached hydrogens (primary N) is 1. The number of piperidine rings is 1. The standard InChI is InChI=1S/C12H18N4O2/c1-8-14-9(6-12(18)15-8)10-4-2-3-5-16(10)7-11(13)17/h6,10H,2-5,7H2,1H3,(H2,13,17)(H,14,15,18)/t10-/m1/s1. The smallest absolute Gasteiger partial charge is 0.251 e. The van der Waals surface area contributed by atoms with Gasteiger partial charge in [0.1, 0.15) is 5.82 Å². The molecule has 0 unspecified atom stereocenters. The zero-order chi connectivity index (χ0) is 13.1. The summed E-state index contributed by atoms with van der Waals surface area (Å²) in [5.41, 5.74) is 5.84. The second-order valence-corrected chi connectivity index (χ2v) is 4.70. The van der Waals surface area contributed by atoms with E-state index < -0.39 is 0 Å². The number of nitrogens with one attached hydrogen (secondary N) is 1. The zero-order valence-corrected chi connectivity index (χ0v) is 10.5. The third kappa shape index (κ3) is 2.95. The number of aryl methyl sites for hydroxylation is 1. The van der Waals surface area contributed by atoms with E-state index in [2.05, 4.69) is 9.97 Å². The largest absolute Gasteiger partial charge is 0.369 e. The van der Waals surface area contributed by atoms with Gasteiger partial charge < -0.3 is 10.7 Å². The third-order valence-electron chi connectivity index (χ3n) is 3.19. The van der Waals surface area contributed by atoms with Gasteiger partial charge in [-0.2, -0.15) is 0 Å². The van der Waals surface area contributed by atoms with Crippen LogP contribution in [0.1, 0.15) is 36.8 Å². The van der Waals surface area contributed by atoms with Gasteiger partial charge in [-0.3, -0.25) is 14.5 Å². The highest BCUT2D eigenvalue weighted by atomic mass is 16.1. The lowest BCUT2D eigenvalue weighted by atomic mass is 9.99. The Morgan fingerprint density at radius 2 is 2.39 bits per heavy atom. The Morgan fingerprint density at radius 1 is 1.61 bits per heavy atom. The summed E-state index contributed by atoms with van der Waals surface area (Å²) in [6.07, 6.45) is 3.03. The van der Waals surface area contributed by atoms with Crippen molar-refractivity contribution < 1.29 is 4.79 Å². The third-order valence-corrected chi connectivity index (χ3v) is 3.19. The fraction of sp³-hybridized carbons (Fsp3) is 0.583. The molecule has 0 bridgehead atoms. The molecule has 1 saturated heterocycles. The Kier molecular flexibility index (Phi) is 3.76. The number of amides is 1. The lowest BCUT2D eigenvalue weighted by Gasteiger charge is -2.34. The number of primary amides is 1. The van der Waals surface area contributed by atoms with Crippen LogP contribution >= 0.6 is 0 Å². The van der Waals surface area contributed by atoms with Gasteiger partial charge in [0.05, 0.1) is 18.3 Å². The minimum Gasteiger partial charge on any atom is -0.369 e. The van der Waals surface area contributed by atoms with Crippen molar-refractivity contribution in [3.05, 3.63) is 27.9 Å². The van der Waals surface area contributed by atoms with E-state index in [4.69, 9.17) is 5.73 Å². The van der Waals surface area contributed by atoms with Gasteiger partial charge in [0.25, 0.3) is 5.56 Å². The molecule has 1 aromatic heterocycles. The molecule has 3 N–H and O–H groups in total. The molecule has 1 aliphatic rings. The molecule has 18 heavy (non-hydrogen) atoms. The number of hydrogen-bond acceptors (Lipinski definition) is 4. The maximum atomic E-state index is 11.5. The molecule has 98 valence electrons. The number of aromatic nitrogens is 2. The number of carbonyl (C=O) groups excluding carboxylic acids is 1. The van der Waals surface area contributed by atoms with Crippen LogP contribution in [-0.4, -0.2) is 33.9 Å². The minimum atomic E-state index is -0.344. The number of carbonyl (C=O) groups is 1. The van der Waals surface area contributed by atoms with E-state index in [-0.39, 0.29) is 24.1 Å². The van der Waals surface area contributed by atoms with Crippen LogP contribution in [0.25, 0.3) is 0 Å². The summed E-state index contributed by atoms with van der Waals surface area (Å²) in [6.45, 7) is 2.80. The molecule has 1 amide bonds. The Hall–Kier alpha value is -1.69. The van der Waals surface area contributed by atoms with Crippen molar-refractivity contribution in [3.63, 3.8) is 0 Å². The molecule has 2 rings (SSSR count). The first kappa shape index (κ1) is 12.8. The Labute approximate surface area is 105 Å². The number of likely N-dealkylation sites (tertiary alicyclic amines) is 1. The second kappa shape index (κ2) is 5.30. The quantitative estimate of drug-likeness (QED) is 0.795. The summed E-state index contributed by atoms with van der Waals surface area (Å²) in [6, 6.07) is 1.53. The maximum absolute atomic E-state index is 11.5. The predicted molar refractivity (Wildman–Crippen MR) is 67.0 cm³/mol. The topological polar surface area (TPSA) is 92.1 Å². The van der Waals surface area contributed by atoms with Crippen LogP contribution in [0.2, 0.25) is 0 Å². The highest BCUT2D eigenvalue weighted by molar-refractivity contribution is 5.76. The lowest BCUT2D eigenvalue weighted by molar-refractivity contribution is -0.120. The van der Waals surface area contributed by atoms with E-state index in [1.54, 1.807) is 6.92 Å². The van der Waals surface area contributed by atoms with Crippen LogP contribution in [0.15, 0.2) is 10.9 Å². The number of rotatable bonds is 3. The minimum absolute atomic E-state index is 0.0206. The first-order valence-electron chi connectivity index (χ1n) is 6.16. The number of nitrogens with zero attached hydrogens (tertiary/aromatic N) is 2. The molecule has 0 saturated carbocycles. The summed E-state index contributed by atoms with van der Waals surface area (Å²) in [5.74, 6) is 0.255. The second-order valence-electron chi connectivity index (χ2n) is 4.70. The summed E-state index contributed by atoms with van der Waals surface area (Å²) < 4.78 is 0. The molecule has 1 aliphatic heterocycles. The molecule has 6 nitrogen and oxygen atoms in total. The highest BCUT2D eigenvalue weighted by Gasteiger charge is 2.26. The first-order valence-corrected chi connectivity index (χ1v) is 6.16.